The highest BCUT2D eigenvalue weighted by atomic mass is 32.2. The summed E-state index contributed by atoms with van der Waals surface area (Å²) < 4.78 is 24.2. The van der Waals surface area contributed by atoms with E-state index in [1.165, 1.54) is 6.07 Å². The molecule has 0 bridgehead atoms. The minimum absolute atomic E-state index is 0.0976. The largest absolute Gasteiger partial charge is 0.340 e. The van der Waals surface area contributed by atoms with Crippen molar-refractivity contribution in [2.75, 3.05) is 5.32 Å². The maximum atomic E-state index is 12.1. The summed E-state index contributed by atoms with van der Waals surface area (Å²) in [5.74, 6) is 0.709. The zero-order chi connectivity index (χ0) is 21.4. The highest BCUT2D eigenvalue weighted by molar-refractivity contribution is 7.89. The van der Waals surface area contributed by atoms with Crippen molar-refractivity contribution in [1.29, 1.82) is 0 Å². The van der Waals surface area contributed by atoms with Gasteiger partial charge in [-0.05, 0) is 41.3 Å². The first-order chi connectivity index (χ1) is 15.0. The molecule has 5 aromatic rings. The van der Waals surface area contributed by atoms with Gasteiger partial charge in [-0.3, -0.25) is 0 Å². The predicted octanol–water partition coefficient (Wildman–Crippen LogP) is 5.45. The van der Waals surface area contributed by atoms with Gasteiger partial charge in [0.2, 0.25) is 10.0 Å². The third-order valence-electron chi connectivity index (χ3n) is 5.27. The molecule has 152 valence electrons. The van der Waals surface area contributed by atoms with Crippen LogP contribution < -0.4 is 10.5 Å². The first-order valence-corrected chi connectivity index (χ1v) is 11.3. The highest BCUT2D eigenvalue weighted by Gasteiger charge is 2.16. The van der Waals surface area contributed by atoms with Crippen LogP contribution in [0.25, 0.3) is 32.8 Å². The average molecular weight is 426 g/mol. The van der Waals surface area contributed by atoms with Gasteiger partial charge in [-0.2, -0.15) is 0 Å². The number of fused-ring (bicyclic) bond motifs is 2. The summed E-state index contributed by atoms with van der Waals surface area (Å²) in [5, 5.41) is 12.0. The van der Waals surface area contributed by atoms with E-state index in [4.69, 9.17) is 10.1 Å². The minimum Gasteiger partial charge on any atom is -0.340 e. The fourth-order valence-corrected chi connectivity index (χ4v) is 4.62. The first kappa shape index (κ1) is 19.2. The number of pyridine rings is 1. The average Bonchev–Trinajstić information content (AvgIpc) is 2.78. The molecule has 0 unspecified atom stereocenters. The van der Waals surface area contributed by atoms with Gasteiger partial charge in [0, 0.05) is 22.0 Å². The van der Waals surface area contributed by atoms with Crippen LogP contribution in [0.3, 0.4) is 0 Å². The lowest BCUT2D eigenvalue weighted by atomic mass is 10.0. The minimum atomic E-state index is -3.85. The fourth-order valence-electron chi connectivity index (χ4n) is 3.87. The Balaban J connectivity index is 1.61. The van der Waals surface area contributed by atoms with Crippen LogP contribution in [0.2, 0.25) is 0 Å². The molecule has 0 radical (unpaired) electrons. The van der Waals surface area contributed by atoms with Gasteiger partial charge in [0.1, 0.15) is 5.82 Å². The van der Waals surface area contributed by atoms with Gasteiger partial charge in [0.15, 0.2) is 0 Å². The topological polar surface area (TPSA) is 85.1 Å². The van der Waals surface area contributed by atoms with Gasteiger partial charge in [0.05, 0.1) is 10.4 Å². The van der Waals surface area contributed by atoms with Crippen LogP contribution in [0.1, 0.15) is 0 Å². The number of benzene rings is 4. The Morgan fingerprint density at radius 1 is 0.677 bits per heavy atom. The normalized spacial score (nSPS) is 11.6. The van der Waals surface area contributed by atoms with Crippen molar-refractivity contribution in [3.63, 3.8) is 0 Å². The smallest absolute Gasteiger partial charge is 0.238 e. The number of anilines is 2. The summed E-state index contributed by atoms with van der Waals surface area (Å²) in [5.41, 5.74) is 3.06. The molecule has 0 atom stereocenters. The van der Waals surface area contributed by atoms with Gasteiger partial charge in [-0.25, -0.2) is 18.5 Å². The van der Waals surface area contributed by atoms with E-state index < -0.39 is 10.0 Å². The van der Waals surface area contributed by atoms with Gasteiger partial charge < -0.3 is 5.32 Å². The Morgan fingerprint density at radius 2 is 1.39 bits per heavy atom. The summed E-state index contributed by atoms with van der Waals surface area (Å²) in [4.78, 5) is 4.86. The van der Waals surface area contributed by atoms with Crippen LogP contribution in [0.4, 0.5) is 11.5 Å². The van der Waals surface area contributed by atoms with Crippen molar-refractivity contribution in [1.82, 2.24) is 4.98 Å². The van der Waals surface area contributed by atoms with Crippen LogP contribution in [0.5, 0.6) is 0 Å². The molecule has 0 saturated carbocycles. The number of rotatable bonds is 4. The van der Waals surface area contributed by atoms with Crippen molar-refractivity contribution in [3.05, 3.63) is 97.1 Å². The predicted molar refractivity (Wildman–Crippen MR) is 126 cm³/mol. The van der Waals surface area contributed by atoms with E-state index in [2.05, 4.69) is 23.5 Å². The number of aromatic nitrogens is 1. The molecule has 5 rings (SSSR count). The van der Waals surface area contributed by atoms with E-state index in [-0.39, 0.29) is 4.90 Å². The van der Waals surface area contributed by atoms with Crippen molar-refractivity contribution in [2.45, 2.75) is 4.90 Å². The second-order valence-electron chi connectivity index (χ2n) is 7.26. The standard InChI is InChI=1S/C25H19N3O2S/c26-31(29,30)24-14-4-3-10-21(24)19-11-6-13-23-20(19)15-16-25(28-23)27-22-12-5-8-17-7-1-2-9-18(17)22/h1-16H,(H,27,28)(H2,26,29,30). The number of nitrogens with zero attached hydrogens (tertiary/aromatic N) is 1. The molecule has 0 aliphatic carbocycles. The number of nitrogens with two attached hydrogens (primary N) is 1. The second-order valence-corrected chi connectivity index (χ2v) is 8.79. The van der Waals surface area contributed by atoms with Gasteiger partial charge in [0.25, 0.3) is 0 Å². The van der Waals surface area contributed by atoms with Crippen molar-refractivity contribution in [3.8, 4) is 11.1 Å². The van der Waals surface area contributed by atoms with Crippen LogP contribution in [-0.4, -0.2) is 13.4 Å². The van der Waals surface area contributed by atoms with Gasteiger partial charge in [-0.1, -0.05) is 66.7 Å². The summed E-state index contributed by atoms with van der Waals surface area (Å²) >= 11 is 0. The number of nitrogens with one attached hydrogen (secondary N) is 1. The Hall–Kier alpha value is -3.74. The lowest BCUT2D eigenvalue weighted by Crippen LogP contribution is -2.13. The van der Waals surface area contributed by atoms with Crippen LogP contribution in [0.15, 0.2) is 102 Å². The molecule has 5 nitrogen and oxygen atoms in total. The Labute approximate surface area is 180 Å². The van der Waals surface area contributed by atoms with Gasteiger partial charge in [-0.15, -0.1) is 0 Å². The molecule has 0 spiro atoms. The lowest BCUT2D eigenvalue weighted by Gasteiger charge is -2.13. The molecule has 0 aliphatic heterocycles. The maximum Gasteiger partial charge on any atom is 0.238 e. The van der Waals surface area contributed by atoms with Crippen LogP contribution >= 0.6 is 0 Å². The number of hydrogen-bond donors (Lipinski definition) is 2. The number of sulfonamides is 1. The molecule has 3 N–H and O–H groups in total. The monoisotopic (exact) mass is 425 g/mol. The summed E-state index contributed by atoms with van der Waals surface area (Å²) in [7, 11) is -3.85. The Kier molecular flexibility index (Phi) is 4.66. The fraction of sp³-hybridized carbons (Fsp3) is 0. The zero-order valence-corrected chi connectivity index (χ0v) is 17.3. The molecule has 0 aliphatic rings. The quantitative estimate of drug-likeness (QED) is 0.401. The zero-order valence-electron chi connectivity index (χ0n) is 16.5. The van der Waals surface area contributed by atoms with E-state index in [0.29, 0.717) is 11.4 Å². The van der Waals surface area contributed by atoms with Crippen LogP contribution in [-0.2, 0) is 10.0 Å². The number of hydrogen-bond acceptors (Lipinski definition) is 4. The van der Waals surface area contributed by atoms with E-state index >= 15 is 0 Å². The van der Waals surface area contributed by atoms with Crippen molar-refractivity contribution in [2.24, 2.45) is 5.14 Å². The van der Waals surface area contributed by atoms with E-state index in [1.807, 2.05) is 54.6 Å². The second kappa shape index (κ2) is 7.50. The Morgan fingerprint density at radius 3 is 2.26 bits per heavy atom. The molecule has 1 aromatic heterocycles. The molecule has 0 amide bonds. The molecule has 1 heterocycles. The van der Waals surface area contributed by atoms with E-state index in [0.717, 1.165) is 32.9 Å². The third kappa shape index (κ3) is 3.63. The summed E-state index contributed by atoms with van der Waals surface area (Å²) in [6.07, 6.45) is 0. The molecule has 0 saturated heterocycles. The van der Waals surface area contributed by atoms with E-state index in [1.54, 1.807) is 18.2 Å². The third-order valence-corrected chi connectivity index (χ3v) is 6.24. The Bertz CT molecular complexity index is 1540. The van der Waals surface area contributed by atoms with Crippen molar-refractivity contribution >= 4 is 43.2 Å². The highest BCUT2D eigenvalue weighted by Crippen LogP contribution is 2.33. The molecule has 4 aromatic carbocycles. The lowest BCUT2D eigenvalue weighted by molar-refractivity contribution is 0.598. The summed E-state index contributed by atoms with van der Waals surface area (Å²) in [6.45, 7) is 0. The summed E-state index contributed by atoms with van der Waals surface area (Å²) in [6, 6.07) is 30.5. The number of primary sulfonamides is 1. The van der Waals surface area contributed by atoms with Gasteiger partial charge >= 0.3 is 0 Å². The van der Waals surface area contributed by atoms with E-state index in [9.17, 15) is 8.42 Å². The van der Waals surface area contributed by atoms with Crippen LogP contribution in [0, 0.1) is 0 Å². The molecular weight excluding hydrogens is 406 g/mol. The molecule has 6 heteroatoms. The molecule has 31 heavy (non-hydrogen) atoms. The SMILES string of the molecule is NS(=O)(=O)c1ccccc1-c1cccc2nc(Nc3cccc4ccccc34)ccc12. The molecular formula is C25H19N3O2S. The molecule has 0 fully saturated rings. The van der Waals surface area contributed by atoms with Crippen molar-refractivity contribution < 1.29 is 8.42 Å². The maximum absolute atomic E-state index is 12.1. The first-order valence-electron chi connectivity index (χ1n) is 9.77.